The van der Waals surface area contributed by atoms with Crippen LogP contribution < -0.4 is 0 Å². The number of hydrogen-bond acceptors (Lipinski definition) is 0. The molecule has 0 aromatic rings. The van der Waals surface area contributed by atoms with Gasteiger partial charge in [0, 0.05) is 0 Å². The Kier molecular flexibility index (Phi) is 7.60. The Labute approximate surface area is 114 Å². The van der Waals surface area contributed by atoms with Gasteiger partial charge in [0.2, 0.25) is 0 Å². The summed E-state index contributed by atoms with van der Waals surface area (Å²) < 4.78 is 0. The minimum Gasteiger partial charge on any atom is -0.134 e. The fourth-order valence-corrected chi connectivity index (χ4v) is 4.16. The molecular weight excluding hydrogens is 242 g/mol. The summed E-state index contributed by atoms with van der Waals surface area (Å²) in [7, 11) is 5.91. The first-order valence-electron chi connectivity index (χ1n) is 7.51. The van der Waals surface area contributed by atoms with Crippen LogP contribution in [0.3, 0.4) is 0 Å². The SMILES string of the molecule is CC1C(P)CCCC1P.CC1CCC(C)CC1. The average Bonchev–Trinajstić information content (AvgIpc) is 2.31. The molecule has 0 radical (unpaired) electrons. The van der Waals surface area contributed by atoms with Crippen molar-refractivity contribution in [3.8, 4) is 0 Å². The van der Waals surface area contributed by atoms with Crippen LogP contribution in [0.5, 0.6) is 0 Å². The van der Waals surface area contributed by atoms with Gasteiger partial charge in [0.15, 0.2) is 0 Å². The fraction of sp³-hybridized carbons (Fsp3) is 1.00. The predicted molar refractivity (Wildman–Crippen MR) is 86.8 cm³/mol. The molecule has 0 amide bonds. The molecule has 2 aliphatic carbocycles. The molecule has 4 unspecified atom stereocenters. The van der Waals surface area contributed by atoms with Gasteiger partial charge in [0.05, 0.1) is 0 Å². The van der Waals surface area contributed by atoms with Crippen molar-refractivity contribution in [2.24, 2.45) is 17.8 Å². The third-order valence-corrected chi connectivity index (χ3v) is 6.61. The second kappa shape index (κ2) is 8.12. The second-order valence-corrected chi connectivity index (χ2v) is 8.20. The highest BCUT2D eigenvalue weighted by Gasteiger charge is 2.23. The molecule has 2 rings (SSSR count). The summed E-state index contributed by atoms with van der Waals surface area (Å²) in [5.74, 6) is 2.94. The Morgan fingerprint density at radius 3 is 1.29 bits per heavy atom. The maximum absolute atomic E-state index is 2.96. The van der Waals surface area contributed by atoms with E-state index in [4.69, 9.17) is 0 Å². The normalized spacial score (nSPS) is 42.5. The number of hydrogen-bond donors (Lipinski definition) is 0. The lowest BCUT2D eigenvalue weighted by molar-refractivity contribution is 0.308. The average molecular weight is 274 g/mol. The van der Waals surface area contributed by atoms with Crippen molar-refractivity contribution < 1.29 is 0 Å². The van der Waals surface area contributed by atoms with Crippen LogP contribution in [0, 0.1) is 17.8 Å². The van der Waals surface area contributed by atoms with E-state index < -0.39 is 0 Å². The van der Waals surface area contributed by atoms with E-state index in [1.807, 2.05) is 0 Å². The zero-order valence-corrected chi connectivity index (χ0v) is 14.3. The zero-order valence-electron chi connectivity index (χ0n) is 12.0. The van der Waals surface area contributed by atoms with Crippen molar-refractivity contribution in [3.05, 3.63) is 0 Å². The van der Waals surface area contributed by atoms with Gasteiger partial charge in [-0.2, -0.15) is 0 Å². The molecule has 2 saturated carbocycles. The molecule has 0 aromatic heterocycles. The van der Waals surface area contributed by atoms with Crippen molar-refractivity contribution in [2.75, 3.05) is 0 Å². The van der Waals surface area contributed by atoms with Crippen molar-refractivity contribution in [3.63, 3.8) is 0 Å². The zero-order chi connectivity index (χ0) is 12.8. The van der Waals surface area contributed by atoms with E-state index in [-0.39, 0.29) is 0 Å². The first-order valence-corrected chi connectivity index (χ1v) is 8.85. The van der Waals surface area contributed by atoms with Crippen molar-refractivity contribution in [1.82, 2.24) is 0 Å². The molecule has 2 aliphatic rings. The van der Waals surface area contributed by atoms with Gasteiger partial charge in [0.1, 0.15) is 0 Å². The van der Waals surface area contributed by atoms with Gasteiger partial charge in [-0.3, -0.25) is 0 Å². The van der Waals surface area contributed by atoms with E-state index in [0.29, 0.717) is 0 Å². The molecule has 0 saturated heterocycles. The molecule has 0 heterocycles. The van der Waals surface area contributed by atoms with Crippen LogP contribution in [0.15, 0.2) is 0 Å². The van der Waals surface area contributed by atoms with Crippen molar-refractivity contribution in [1.29, 1.82) is 0 Å². The Balaban J connectivity index is 0.000000171. The second-order valence-electron chi connectivity index (χ2n) is 6.48. The summed E-state index contributed by atoms with van der Waals surface area (Å²) >= 11 is 0. The highest BCUT2D eigenvalue weighted by molar-refractivity contribution is 7.19. The molecule has 0 spiro atoms. The summed E-state index contributed by atoms with van der Waals surface area (Å²) in [4.78, 5) is 0. The van der Waals surface area contributed by atoms with Gasteiger partial charge in [-0.05, 0) is 41.9 Å². The van der Waals surface area contributed by atoms with E-state index in [1.54, 1.807) is 0 Å². The smallest absolute Gasteiger partial charge is 0.0233 e. The quantitative estimate of drug-likeness (QED) is 0.537. The molecule has 0 aliphatic heterocycles. The monoisotopic (exact) mass is 274 g/mol. The molecule has 102 valence electrons. The van der Waals surface area contributed by atoms with Gasteiger partial charge in [-0.1, -0.05) is 52.9 Å². The van der Waals surface area contributed by atoms with E-state index >= 15 is 0 Å². The Bertz CT molecular complexity index is 177. The molecule has 17 heavy (non-hydrogen) atoms. The molecule has 0 bridgehead atoms. The molecule has 0 nitrogen and oxygen atoms in total. The van der Waals surface area contributed by atoms with Gasteiger partial charge >= 0.3 is 0 Å². The fourth-order valence-electron chi connectivity index (χ4n) is 2.86. The summed E-state index contributed by atoms with van der Waals surface area (Å²) in [6.07, 6.45) is 10.1. The third-order valence-electron chi connectivity index (χ3n) is 4.73. The van der Waals surface area contributed by atoms with Crippen LogP contribution in [-0.2, 0) is 0 Å². The molecule has 0 aromatic carbocycles. The highest BCUT2D eigenvalue weighted by Crippen LogP contribution is 2.34. The van der Waals surface area contributed by atoms with Gasteiger partial charge in [0.25, 0.3) is 0 Å². The van der Waals surface area contributed by atoms with Crippen LogP contribution in [0.2, 0.25) is 0 Å². The maximum atomic E-state index is 2.96. The minimum absolute atomic E-state index is 0.876. The van der Waals surface area contributed by atoms with E-state index in [9.17, 15) is 0 Å². The van der Waals surface area contributed by atoms with E-state index in [1.165, 1.54) is 44.9 Å². The predicted octanol–water partition coefficient (Wildman–Crippen LogP) is 5.13. The van der Waals surface area contributed by atoms with Crippen LogP contribution in [-0.4, -0.2) is 11.3 Å². The molecule has 4 atom stereocenters. The summed E-state index contributed by atoms with van der Waals surface area (Å²) in [5, 5.41) is 0. The van der Waals surface area contributed by atoms with Crippen LogP contribution in [0.4, 0.5) is 0 Å². The third kappa shape index (κ3) is 6.02. The summed E-state index contributed by atoms with van der Waals surface area (Å²) in [6, 6.07) is 0. The Hall–Kier alpha value is 0.860. The van der Waals surface area contributed by atoms with Crippen LogP contribution in [0.25, 0.3) is 0 Å². The maximum Gasteiger partial charge on any atom is -0.0233 e. The summed E-state index contributed by atoms with van der Waals surface area (Å²) in [6.45, 7) is 7.09. The Morgan fingerprint density at radius 1 is 0.647 bits per heavy atom. The van der Waals surface area contributed by atoms with E-state index in [2.05, 4.69) is 39.3 Å². The lowest BCUT2D eigenvalue weighted by Gasteiger charge is -2.30. The topological polar surface area (TPSA) is 0 Å². The van der Waals surface area contributed by atoms with Crippen molar-refractivity contribution in [2.45, 2.75) is 77.0 Å². The first-order chi connectivity index (χ1) is 8.00. The molecular formula is C15H32P2. The minimum atomic E-state index is 0.876. The first kappa shape index (κ1) is 15.9. The highest BCUT2D eigenvalue weighted by atomic mass is 31.0. The van der Waals surface area contributed by atoms with Crippen LogP contribution >= 0.6 is 18.5 Å². The largest absolute Gasteiger partial charge is 0.134 e. The number of rotatable bonds is 0. The molecule has 0 N–H and O–H groups in total. The summed E-state index contributed by atoms with van der Waals surface area (Å²) in [5.41, 5.74) is 1.75. The van der Waals surface area contributed by atoms with Crippen LogP contribution in [0.1, 0.15) is 65.7 Å². The molecule has 2 fully saturated rings. The van der Waals surface area contributed by atoms with E-state index in [0.717, 1.165) is 29.1 Å². The standard InChI is InChI=1S/C8H16.C7H16P2/c1-7-3-5-8(2)6-4-7;1-5-6(8)3-2-4-7(5)9/h7-8H,3-6H2,1-2H3;5-7H,2-4,8-9H2,1H3. The van der Waals surface area contributed by atoms with Gasteiger partial charge < -0.3 is 0 Å². The van der Waals surface area contributed by atoms with Crippen molar-refractivity contribution >= 4 is 18.5 Å². The van der Waals surface area contributed by atoms with Gasteiger partial charge in [-0.15, -0.1) is 18.5 Å². The molecule has 2 heteroatoms. The Morgan fingerprint density at radius 2 is 1.00 bits per heavy atom. The lowest BCUT2D eigenvalue weighted by Crippen LogP contribution is -2.25. The lowest BCUT2D eigenvalue weighted by atomic mass is 9.84. The van der Waals surface area contributed by atoms with Gasteiger partial charge in [-0.25, -0.2) is 0 Å².